The van der Waals surface area contributed by atoms with E-state index in [-0.39, 0.29) is 5.91 Å². The van der Waals surface area contributed by atoms with E-state index in [9.17, 15) is 4.79 Å². The van der Waals surface area contributed by atoms with Crippen molar-refractivity contribution < 1.29 is 4.79 Å². The van der Waals surface area contributed by atoms with Crippen LogP contribution >= 0.6 is 0 Å². The van der Waals surface area contributed by atoms with Crippen molar-refractivity contribution in [1.82, 2.24) is 15.3 Å². The van der Waals surface area contributed by atoms with Gasteiger partial charge in [-0.15, -0.1) is 0 Å². The van der Waals surface area contributed by atoms with Crippen molar-refractivity contribution in [2.24, 2.45) is 0 Å². The summed E-state index contributed by atoms with van der Waals surface area (Å²) in [6.45, 7) is 2.81. The summed E-state index contributed by atoms with van der Waals surface area (Å²) in [5.41, 5.74) is 2.43. The molecule has 2 aromatic carbocycles. The normalized spacial score (nSPS) is 10.5. The molecular formula is C19H20N4O. The van der Waals surface area contributed by atoms with Crippen LogP contribution in [0.15, 0.2) is 54.9 Å². The molecule has 1 heterocycles. The minimum atomic E-state index is -0.0394. The summed E-state index contributed by atoms with van der Waals surface area (Å²) in [4.78, 5) is 20.6. The Morgan fingerprint density at radius 2 is 1.83 bits per heavy atom. The molecule has 0 saturated carbocycles. The first-order chi connectivity index (χ1) is 11.8. The Hall–Kier alpha value is -2.95. The number of nitrogens with one attached hydrogen (secondary N) is 2. The lowest BCUT2D eigenvalue weighted by Gasteiger charge is -2.09. The van der Waals surface area contributed by atoms with Crippen molar-refractivity contribution in [1.29, 1.82) is 0 Å². The maximum Gasteiger partial charge on any atom is 0.251 e. The summed E-state index contributed by atoms with van der Waals surface area (Å²) in [6.07, 6.45) is 3.60. The van der Waals surface area contributed by atoms with E-state index >= 15 is 0 Å². The highest BCUT2D eigenvalue weighted by Crippen LogP contribution is 2.22. The van der Waals surface area contributed by atoms with Gasteiger partial charge in [-0.2, -0.15) is 0 Å². The standard InChI is InChI=1S/C19H20N4O/c1-2-3-12-20-19(24)14-8-10-15(11-9-14)23-18-16-6-4-5-7-17(16)21-13-22-18/h4-11,13H,2-3,12H2,1H3,(H,20,24)(H,21,22,23). The zero-order valence-electron chi connectivity index (χ0n) is 13.6. The van der Waals surface area contributed by atoms with Crippen LogP contribution in [-0.4, -0.2) is 22.4 Å². The molecule has 0 unspecified atom stereocenters. The predicted molar refractivity (Wildman–Crippen MR) is 96.5 cm³/mol. The zero-order valence-corrected chi connectivity index (χ0v) is 13.6. The van der Waals surface area contributed by atoms with Crippen LogP contribution in [0.2, 0.25) is 0 Å². The maximum absolute atomic E-state index is 12.0. The number of unbranched alkanes of at least 4 members (excludes halogenated alkanes) is 1. The van der Waals surface area contributed by atoms with Crippen molar-refractivity contribution in [2.45, 2.75) is 19.8 Å². The Kier molecular flexibility index (Phi) is 5.01. The van der Waals surface area contributed by atoms with Crippen LogP contribution in [0.5, 0.6) is 0 Å². The predicted octanol–water partition coefficient (Wildman–Crippen LogP) is 3.90. The summed E-state index contributed by atoms with van der Waals surface area (Å²) in [6, 6.07) is 15.2. The van der Waals surface area contributed by atoms with Gasteiger partial charge in [0.2, 0.25) is 0 Å². The van der Waals surface area contributed by atoms with Crippen LogP contribution in [0.4, 0.5) is 11.5 Å². The lowest BCUT2D eigenvalue weighted by Crippen LogP contribution is -2.24. The number of hydrogen-bond donors (Lipinski definition) is 2. The van der Waals surface area contributed by atoms with Crippen LogP contribution < -0.4 is 10.6 Å². The zero-order chi connectivity index (χ0) is 16.8. The van der Waals surface area contributed by atoms with Crippen molar-refractivity contribution in [2.75, 3.05) is 11.9 Å². The van der Waals surface area contributed by atoms with E-state index < -0.39 is 0 Å². The molecule has 0 radical (unpaired) electrons. The second kappa shape index (κ2) is 7.55. The highest BCUT2D eigenvalue weighted by molar-refractivity contribution is 5.95. The molecule has 5 heteroatoms. The summed E-state index contributed by atoms with van der Waals surface area (Å²) in [5.74, 6) is 0.711. The monoisotopic (exact) mass is 320 g/mol. The molecule has 0 spiro atoms. The van der Waals surface area contributed by atoms with E-state index in [1.54, 1.807) is 6.33 Å². The molecule has 0 bridgehead atoms. The molecule has 3 aromatic rings. The van der Waals surface area contributed by atoms with Gasteiger partial charge in [0.15, 0.2) is 0 Å². The second-order valence-electron chi connectivity index (χ2n) is 5.55. The quantitative estimate of drug-likeness (QED) is 0.676. The number of carbonyl (C=O) groups excluding carboxylic acids is 1. The Morgan fingerprint density at radius 3 is 2.62 bits per heavy atom. The lowest BCUT2D eigenvalue weighted by atomic mass is 10.2. The second-order valence-corrected chi connectivity index (χ2v) is 5.55. The SMILES string of the molecule is CCCCNC(=O)c1ccc(Nc2ncnc3ccccc23)cc1. The number of fused-ring (bicyclic) bond motifs is 1. The van der Waals surface area contributed by atoms with Crippen LogP contribution in [0.25, 0.3) is 10.9 Å². The molecule has 5 nitrogen and oxygen atoms in total. The van der Waals surface area contributed by atoms with Crippen molar-refractivity contribution in [3.8, 4) is 0 Å². The van der Waals surface area contributed by atoms with Crippen molar-refractivity contribution >= 4 is 28.3 Å². The van der Waals surface area contributed by atoms with Crippen LogP contribution in [-0.2, 0) is 0 Å². The minimum Gasteiger partial charge on any atom is -0.352 e. The first-order valence-corrected chi connectivity index (χ1v) is 8.13. The number of carbonyl (C=O) groups is 1. The molecule has 24 heavy (non-hydrogen) atoms. The molecule has 2 N–H and O–H groups in total. The fraction of sp³-hybridized carbons (Fsp3) is 0.211. The van der Waals surface area contributed by atoms with Crippen LogP contribution in [0.3, 0.4) is 0 Å². The number of rotatable bonds is 6. The van der Waals surface area contributed by atoms with Crippen LogP contribution in [0.1, 0.15) is 30.1 Å². The van der Waals surface area contributed by atoms with E-state index in [2.05, 4.69) is 27.5 Å². The third kappa shape index (κ3) is 3.68. The van der Waals surface area contributed by atoms with Gasteiger partial charge < -0.3 is 10.6 Å². The average molecular weight is 320 g/mol. The molecule has 1 aromatic heterocycles. The van der Waals surface area contributed by atoms with Gasteiger partial charge in [-0.05, 0) is 42.8 Å². The Morgan fingerprint density at radius 1 is 1.04 bits per heavy atom. The Labute approximate surface area is 141 Å². The minimum absolute atomic E-state index is 0.0394. The number of hydrogen-bond acceptors (Lipinski definition) is 4. The number of para-hydroxylation sites is 1. The topological polar surface area (TPSA) is 66.9 Å². The molecule has 122 valence electrons. The molecule has 0 aliphatic carbocycles. The molecule has 0 atom stereocenters. The van der Waals surface area contributed by atoms with Gasteiger partial charge in [0, 0.05) is 23.2 Å². The van der Waals surface area contributed by atoms with Crippen LogP contribution in [0, 0.1) is 0 Å². The summed E-state index contributed by atoms with van der Waals surface area (Å²) < 4.78 is 0. The van der Waals surface area contributed by atoms with Gasteiger partial charge in [0.05, 0.1) is 5.52 Å². The fourth-order valence-electron chi connectivity index (χ4n) is 2.43. The largest absolute Gasteiger partial charge is 0.352 e. The van der Waals surface area contributed by atoms with E-state index in [0.717, 1.165) is 35.2 Å². The van der Waals surface area contributed by atoms with Crippen molar-refractivity contribution in [3.05, 3.63) is 60.4 Å². The molecule has 3 rings (SSSR count). The molecule has 0 aliphatic rings. The van der Waals surface area contributed by atoms with Gasteiger partial charge in [0.25, 0.3) is 5.91 Å². The Bertz CT molecular complexity index is 825. The first kappa shape index (κ1) is 15.9. The summed E-state index contributed by atoms with van der Waals surface area (Å²) in [5, 5.41) is 7.16. The molecule has 0 fully saturated rings. The van der Waals surface area contributed by atoms with E-state index in [1.165, 1.54) is 0 Å². The summed E-state index contributed by atoms with van der Waals surface area (Å²) >= 11 is 0. The maximum atomic E-state index is 12.0. The molecular weight excluding hydrogens is 300 g/mol. The smallest absolute Gasteiger partial charge is 0.251 e. The fourth-order valence-corrected chi connectivity index (χ4v) is 2.43. The average Bonchev–Trinajstić information content (AvgIpc) is 2.63. The van der Waals surface area contributed by atoms with Crippen molar-refractivity contribution in [3.63, 3.8) is 0 Å². The van der Waals surface area contributed by atoms with Gasteiger partial charge in [-0.1, -0.05) is 25.5 Å². The van der Waals surface area contributed by atoms with Gasteiger partial charge in [-0.25, -0.2) is 9.97 Å². The molecule has 1 amide bonds. The Balaban J connectivity index is 1.73. The highest BCUT2D eigenvalue weighted by Gasteiger charge is 2.06. The lowest BCUT2D eigenvalue weighted by molar-refractivity contribution is 0.0953. The molecule has 0 saturated heterocycles. The number of aromatic nitrogens is 2. The third-order valence-corrected chi connectivity index (χ3v) is 3.77. The van der Waals surface area contributed by atoms with E-state index in [4.69, 9.17) is 0 Å². The van der Waals surface area contributed by atoms with E-state index in [0.29, 0.717) is 12.1 Å². The number of amides is 1. The first-order valence-electron chi connectivity index (χ1n) is 8.13. The summed E-state index contributed by atoms with van der Waals surface area (Å²) in [7, 11) is 0. The van der Waals surface area contributed by atoms with Gasteiger partial charge in [0.1, 0.15) is 12.1 Å². The highest BCUT2D eigenvalue weighted by atomic mass is 16.1. The third-order valence-electron chi connectivity index (χ3n) is 3.77. The number of anilines is 2. The van der Waals surface area contributed by atoms with Gasteiger partial charge >= 0.3 is 0 Å². The van der Waals surface area contributed by atoms with E-state index in [1.807, 2.05) is 48.5 Å². The van der Waals surface area contributed by atoms with Gasteiger partial charge in [-0.3, -0.25) is 4.79 Å². The number of nitrogens with zero attached hydrogens (tertiary/aromatic N) is 2. The molecule has 0 aliphatic heterocycles. The number of benzene rings is 2.